The highest BCUT2D eigenvalue weighted by atomic mass is 15.3. The van der Waals surface area contributed by atoms with Gasteiger partial charge in [-0.1, -0.05) is 5.22 Å². The van der Waals surface area contributed by atoms with Crippen molar-refractivity contribution in [2.45, 2.75) is 27.7 Å². The van der Waals surface area contributed by atoms with E-state index >= 15 is 0 Å². The maximum Gasteiger partial charge on any atom is 0.0939 e. The fraction of sp³-hybridized carbons (Fsp3) is 0.400. The van der Waals surface area contributed by atoms with Crippen molar-refractivity contribution >= 4 is 11.4 Å². The number of hydrogen-bond donors (Lipinski definition) is 3. The van der Waals surface area contributed by atoms with Gasteiger partial charge in [-0.15, -0.1) is 5.11 Å². The van der Waals surface area contributed by atoms with E-state index in [9.17, 15) is 0 Å². The number of anilines is 1. The first-order valence-corrected chi connectivity index (χ1v) is 4.72. The third-order valence-electron chi connectivity index (χ3n) is 2.89. The smallest absolute Gasteiger partial charge is 0.0939 e. The molecule has 5 N–H and O–H groups in total. The molecule has 0 saturated heterocycles. The second-order valence-corrected chi connectivity index (χ2v) is 3.58. The van der Waals surface area contributed by atoms with Gasteiger partial charge in [-0.05, 0) is 49.9 Å². The van der Waals surface area contributed by atoms with E-state index in [1.165, 1.54) is 0 Å². The summed E-state index contributed by atoms with van der Waals surface area (Å²) in [5.41, 5.74) is 8.71. The third kappa shape index (κ3) is 1.78. The minimum absolute atomic E-state index is 0.825. The summed E-state index contributed by atoms with van der Waals surface area (Å²) in [4.78, 5) is 0. The quantitative estimate of drug-likeness (QED) is 0.394. The van der Waals surface area contributed by atoms with Crippen LogP contribution in [-0.2, 0) is 0 Å². The highest BCUT2D eigenvalue weighted by molar-refractivity contribution is 5.70. The van der Waals surface area contributed by atoms with E-state index in [2.05, 4.69) is 15.8 Å². The van der Waals surface area contributed by atoms with E-state index in [0.717, 1.165) is 33.6 Å². The van der Waals surface area contributed by atoms with Crippen LogP contribution >= 0.6 is 0 Å². The van der Waals surface area contributed by atoms with Crippen LogP contribution in [0.1, 0.15) is 22.3 Å². The normalized spacial score (nSPS) is 11.0. The molecule has 0 aliphatic carbocycles. The predicted molar refractivity (Wildman–Crippen MR) is 61.9 cm³/mol. The van der Waals surface area contributed by atoms with Crippen molar-refractivity contribution < 1.29 is 0 Å². The Morgan fingerprint density at radius 3 is 1.73 bits per heavy atom. The largest absolute Gasteiger partial charge is 0.324 e. The molecule has 1 aromatic rings. The molecule has 0 heterocycles. The summed E-state index contributed by atoms with van der Waals surface area (Å²) < 4.78 is 0. The van der Waals surface area contributed by atoms with Gasteiger partial charge in [0, 0.05) is 0 Å². The van der Waals surface area contributed by atoms with Gasteiger partial charge < -0.3 is 11.3 Å². The van der Waals surface area contributed by atoms with Gasteiger partial charge in [0.05, 0.1) is 11.4 Å². The van der Waals surface area contributed by atoms with Crippen LogP contribution in [0.2, 0.25) is 0 Å². The maximum absolute atomic E-state index is 5.48. The van der Waals surface area contributed by atoms with Crippen molar-refractivity contribution in [3.05, 3.63) is 22.3 Å². The first kappa shape index (κ1) is 11.5. The number of nitrogens with two attached hydrogens (primary N) is 2. The van der Waals surface area contributed by atoms with Gasteiger partial charge in [0.1, 0.15) is 0 Å². The van der Waals surface area contributed by atoms with E-state index in [4.69, 9.17) is 11.7 Å². The van der Waals surface area contributed by atoms with Gasteiger partial charge in [-0.3, -0.25) is 5.84 Å². The Labute approximate surface area is 89.5 Å². The van der Waals surface area contributed by atoms with Crippen molar-refractivity contribution in [2.75, 3.05) is 5.43 Å². The number of benzene rings is 1. The van der Waals surface area contributed by atoms with E-state index in [0.29, 0.717) is 0 Å². The second-order valence-electron chi connectivity index (χ2n) is 3.58. The summed E-state index contributed by atoms with van der Waals surface area (Å²) in [5.74, 6) is 10.6. The molecule has 0 radical (unpaired) electrons. The molecule has 0 aromatic heterocycles. The summed E-state index contributed by atoms with van der Waals surface area (Å²) in [7, 11) is 0. The molecule has 1 aromatic carbocycles. The molecule has 0 atom stereocenters. The number of nitrogens with zero attached hydrogens (tertiary/aromatic N) is 2. The Morgan fingerprint density at radius 1 is 0.933 bits per heavy atom. The Kier molecular flexibility index (Phi) is 3.26. The minimum Gasteiger partial charge on any atom is -0.324 e. The van der Waals surface area contributed by atoms with Crippen LogP contribution in [0.15, 0.2) is 10.3 Å². The fourth-order valence-electron chi connectivity index (χ4n) is 1.72. The Hall–Kier alpha value is -1.62. The van der Waals surface area contributed by atoms with Crippen LogP contribution in [0.5, 0.6) is 0 Å². The molecule has 0 fully saturated rings. The Morgan fingerprint density at radius 2 is 1.40 bits per heavy atom. The van der Waals surface area contributed by atoms with Gasteiger partial charge in [-0.2, -0.15) is 0 Å². The summed E-state index contributed by atoms with van der Waals surface area (Å²) >= 11 is 0. The van der Waals surface area contributed by atoms with E-state index in [-0.39, 0.29) is 0 Å². The molecular formula is C10H17N5. The lowest BCUT2D eigenvalue weighted by Crippen LogP contribution is -2.11. The maximum atomic E-state index is 5.48. The molecule has 0 aliphatic rings. The van der Waals surface area contributed by atoms with Gasteiger partial charge in [0.15, 0.2) is 0 Å². The predicted octanol–water partition coefficient (Wildman–Crippen LogP) is 2.16. The van der Waals surface area contributed by atoms with Crippen LogP contribution in [0.4, 0.5) is 11.4 Å². The van der Waals surface area contributed by atoms with Crippen LogP contribution in [-0.4, -0.2) is 0 Å². The molecule has 0 saturated carbocycles. The molecule has 15 heavy (non-hydrogen) atoms. The standard InChI is InChI=1S/C10H17N5/c1-5-7(3)10(14-15-12)8(4)6(2)9(5)13-11/h13H,11H2,1-4H3,(H2,12,14). The fourth-order valence-corrected chi connectivity index (χ4v) is 1.72. The number of nitrogens with one attached hydrogen (secondary N) is 1. The molecule has 0 spiro atoms. The molecule has 0 amide bonds. The van der Waals surface area contributed by atoms with Gasteiger partial charge in [-0.25, -0.2) is 0 Å². The van der Waals surface area contributed by atoms with Crippen LogP contribution < -0.4 is 17.1 Å². The average molecular weight is 207 g/mol. The number of hydrazine groups is 1. The first-order chi connectivity index (χ1) is 7.04. The van der Waals surface area contributed by atoms with Crippen molar-refractivity contribution in [1.82, 2.24) is 0 Å². The van der Waals surface area contributed by atoms with Gasteiger partial charge in [0.2, 0.25) is 0 Å². The highest BCUT2D eigenvalue weighted by Gasteiger charge is 2.13. The van der Waals surface area contributed by atoms with Gasteiger partial charge >= 0.3 is 0 Å². The zero-order valence-corrected chi connectivity index (χ0v) is 9.55. The molecular weight excluding hydrogens is 190 g/mol. The molecule has 0 aliphatic heterocycles. The highest BCUT2D eigenvalue weighted by Crippen LogP contribution is 2.35. The molecule has 5 heteroatoms. The van der Waals surface area contributed by atoms with Crippen LogP contribution in [0.25, 0.3) is 0 Å². The zero-order valence-electron chi connectivity index (χ0n) is 9.55. The van der Waals surface area contributed by atoms with Crippen molar-refractivity contribution in [3.63, 3.8) is 0 Å². The topological polar surface area (TPSA) is 88.8 Å². The minimum atomic E-state index is 0.825. The summed E-state index contributed by atoms with van der Waals surface area (Å²) in [6.07, 6.45) is 0. The van der Waals surface area contributed by atoms with E-state index < -0.39 is 0 Å². The molecule has 5 nitrogen and oxygen atoms in total. The van der Waals surface area contributed by atoms with Gasteiger partial charge in [0.25, 0.3) is 0 Å². The summed E-state index contributed by atoms with van der Waals surface area (Å²) in [5, 5.41) is 7.28. The second kappa shape index (κ2) is 4.27. The number of nitrogen functional groups attached to an aromatic ring is 1. The van der Waals surface area contributed by atoms with Crippen molar-refractivity contribution in [3.8, 4) is 0 Å². The number of rotatable bonds is 2. The Balaban J connectivity index is 3.58. The SMILES string of the molecule is Cc1c(C)c(NN)c(C)c(C)c1N=NN. The Bertz CT molecular complexity index is 380. The number of hydrogen-bond acceptors (Lipinski definition) is 4. The molecule has 0 bridgehead atoms. The van der Waals surface area contributed by atoms with Crippen LogP contribution in [0.3, 0.4) is 0 Å². The third-order valence-corrected chi connectivity index (χ3v) is 2.89. The van der Waals surface area contributed by atoms with Crippen molar-refractivity contribution in [2.24, 2.45) is 22.0 Å². The zero-order chi connectivity index (χ0) is 11.6. The first-order valence-electron chi connectivity index (χ1n) is 4.72. The molecule has 0 unspecified atom stereocenters. The van der Waals surface area contributed by atoms with E-state index in [1.54, 1.807) is 0 Å². The van der Waals surface area contributed by atoms with E-state index in [1.807, 2.05) is 27.7 Å². The summed E-state index contributed by atoms with van der Waals surface area (Å²) in [6.45, 7) is 7.94. The van der Waals surface area contributed by atoms with Crippen LogP contribution in [0, 0.1) is 27.7 Å². The summed E-state index contributed by atoms with van der Waals surface area (Å²) in [6, 6.07) is 0. The lowest BCUT2D eigenvalue weighted by atomic mass is 9.96. The monoisotopic (exact) mass is 207 g/mol. The lowest BCUT2D eigenvalue weighted by molar-refractivity contribution is 1.04. The van der Waals surface area contributed by atoms with Crippen molar-refractivity contribution in [1.29, 1.82) is 0 Å². The molecule has 1 rings (SSSR count). The lowest BCUT2D eigenvalue weighted by Gasteiger charge is -2.16. The molecule has 82 valence electrons. The average Bonchev–Trinajstić information content (AvgIpc) is 2.23.